The van der Waals surface area contributed by atoms with Crippen LogP contribution in [-0.4, -0.2) is 42.8 Å². The highest BCUT2D eigenvalue weighted by atomic mass is 79.9. The minimum atomic E-state index is -0.831. The number of methoxy groups -OCH3 is 1. The van der Waals surface area contributed by atoms with E-state index in [0.29, 0.717) is 13.0 Å². The second kappa shape index (κ2) is 10.5. The van der Waals surface area contributed by atoms with Gasteiger partial charge in [-0.15, -0.1) is 0 Å². The number of alkyl halides is 1. The molecule has 0 saturated carbocycles. The highest BCUT2D eigenvalue weighted by molar-refractivity contribution is 9.09. The summed E-state index contributed by atoms with van der Waals surface area (Å²) in [7, 11) is 1.30. The van der Waals surface area contributed by atoms with Gasteiger partial charge in [-0.2, -0.15) is 0 Å². The molecule has 27 heavy (non-hydrogen) atoms. The largest absolute Gasteiger partial charge is 0.494 e. The summed E-state index contributed by atoms with van der Waals surface area (Å²) < 4.78 is 15.8. The Balaban J connectivity index is 2.94. The summed E-state index contributed by atoms with van der Waals surface area (Å²) >= 11 is 3.38. The van der Waals surface area contributed by atoms with E-state index in [-0.39, 0.29) is 0 Å². The Morgan fingerprint density at radius 2 is 1.78 bits per heavy atom. The van der Waals surface area contributed by atoms with Crippen LogP contribution < -0.4 is 10.1 Å². The van der Waals surface area contributed by atoms with Gasteiger partial charge in [-0.1, -0.05) is 15.9 Å². The van der Waals surface area contributed by atoms with Crippen molar-refractivity contribution in [2.24, 2.45) is 0 Å². The van der Waals surface area contributed by atoms with Crippen LogP contribution in [0.25, 0.3) is 0 Å². The molecule has 0 aromatic heterocycles. The summed E-state index contributed by atoms with van der Waals surface area (Å²) in [6, 6.07) is 3.05. The zero-order valence-electron chi connectivity index (χ0n) is 17.0. The fourth-order valence-electron chi connectivity index (χ4n) is 2.59. The van der Waals surface area contributed by atoms with Crippen molar-refractivity contribution in [3.05, 3.63) is 28.8 Å². The van der Waals surface area contributed by atoms with Crippen molar-refractivity contribution in [2.75, 3.05) is 19.0 Å². The Bertz CT molecular complexity index is 631. The van der Waals surface area contributed by atoms with Crippen LogP contribution in [0, 0.1) is 13.8 Å². The number of hydrogen-bond donors (Lipinski definition) is 1. The van der Waals surface area contributed by atoms with E-state index in [4.69, 9.17) is 14.2 Å². The zero-order valence-corrected chi connectivity index (χ0v) is 18.6. The summed E-state index contributed by atoms with van der Waals surface area (Å²) in [4.78, 5) is 24.2. The van der Waals surface area contributed by atoms with E-state index in [1.54, 1.807) is 20.8 Å². The summed E-state index contributed by atoms with van der Waals surface area (Å²) in [5, 5.41) is 3.50. The maximum atomic E-state index is 12.2. The third-order valence-corrected chi connectivity index (χ3v) is 4.36. The van der Waals surface area contributed by atoms with Gasteiger partial charge in [0, 0.05) is 11.8 Å². The first-order valence-electron chi connectivity index (χ1n) is 8.93. The van der Waals surface area contributed by atoms with E-state index in [1.165, 1.54) is 7.11 Å². The van der Waals surface area contributed by atoms with Crippen molar-refractivity contribution in [3.63, 3.8) is 0 Å². The predicted octanol–water partition coefficient (Wildman–Crippen LogP) is 4.08. The molecular formula is C20H30BrNO5. The molecule has 7 heteroatoms. The molecule has 0 aliphatic carbocycles. The van der Waals surface area contributed by atoms with Crippen LogP contribution in [0.5, 0.6) is 5.75 Å². The molecule has 1 aromatic rings. The Kier molecular flexibility index (Phi) is 9.09. The minimum Gasteiger partial charge on any atom is -0.494 e. The number of aryl methyl sites for hydroxylation is 2. The minimum absolute atomic E-state index is 0.311. The first kappa shape index (κ1) is 23.3. The van der Waals surface area contributed by atoms with Gasteiger partial charge in [0.15, 0.2) is 0 Å². The van der Waals surface area contributed by atoms with Crippen LogP contribution >= 0.6 is 15.9 Å². The van der Waals surface area contributed by atoms with Crippen LogP contribution in [0.3, 0.4) is 0 Å². The molecule has 0 aliphatic rings. The summed E-state index contributed by atoms with van der Waals surface area (Å²) in [5.74, 6) is 0.279. The van der Waals surface area contributed by atoms with E-state index >= 15 is 0 Å². The first-order chi connectivity index (χ1) is 12.6. The van der Waals surface area contributed by atoms with Gasteiger partial charge in [0.25, 0.3) is 0 Å². The Morgan fingerprint density at radius 3 is 2.26 bits per heavy atom. The smallest absolute Gasteiger partial charge is 0.408 e. The van der Waals surface area contributed by atoms with Gasteiger partial charge in [-0.25, -0.2) is 9.59 Å². The van der Waals surface area contributed by atoms with Gasteiger partial charge in [0.1, 0.15) is 17.4 Å². The first-order valence-corrected chi connectivity index (χ1v) is 10.1. The SMILES string of the molecule is COC(=O)[C@H](Cc1c(C)cc(OCCCBr)cc1C)NC(=O)OC(C)(C)C. The van der Waals surface area contributed by atoms with Crippen molar-refractivity contribution in [3.8, 4) is 5.75 Å². The number of esters is 1. The number of nitrogens with one attached hydrogen (secondary N) is 1. The van der Waals surface area contributed by atoms with Crippen LogP contribution in [0.2, 0.25) is 0 Å². The lowest BCUT2D eigenvalue weighted by atomic mass is 9.96. The summed E-state index contributed by atoms with van der Waals surface area (Å²) in [6.07, 6.45) is 0.581. The molecule has 1 rings (SSSR count). The molecule has 0 unspecified atom stereocenters. The number of ether oxygens (including phenoxy) is 3. The van der Waals surface area contributed by atoms with Gasteiger partial charge in [0.05, 0.1) is 13.7 Å². The van der Waals surface area contributed by atoms with E-state index in [2.05, 4.69) is 21.2 Å². The van der Waals surface area contributed by atoms with Crippen molar-refractivity contribution in [1.82, 2.24) is 5.32 Å². The van der Waals surface area contributed by atoms with E-state index in [9.17, 15) is 9.59 Å². The standard InChI is InChI=1S/C20H30BrNO5/c1-13-10-15(26-9-7-8-21)11-14(2)16(13)12-17(18(23)25-6)22-19(24)27-20(3,4)5/h10-11,17H,7-9,12H2,1-6H3,(H,22,24)/t17-/m0/s1. The van der Waals surface area contributed by atoms with Crippen molar-refractivity contribution >= 4 is 28.0 Å². The monoisotopic (exact) mass is 443 g/mol. The van der Waals surface area contributed by atoms with Gasteiger partial charge in [-0.05, 0) is 69.9 Å². The molecule has 152 valence electrons. The molecule has 1 amide bonds. The van der Waals surface area contributed by atoms with Gasteiger partial charge in [0.2, 0.25) is 0 Å². The zero-order chi connectivity index (χ0) is 20.6. The Labute approximate surface area is 170 Å². The molecule has 0 spiro atoms. The molecule has 0 radical (unpaired) electrons. The van der Waals surface area contributed by atoms with Crippen LogP contribution in [0.15, 0.2) is 12.1 Å². The molecule has 0 saturated heterocycles. The maximum absolute atomic E-state index is 12.2. The number of amides is 1. The molecule has 0 heterocycles. The van der Waals surface area contributed by atoms with Gasteiger partial charge < -0.3 is 19.5 Å². The van der Waals surface area contributed by atoms with E-state index in [1.807, 2.05) is 26.0 Å². The van der Waals surface area contributed by atoms with Crippen molar-refractivity contribution in [2.45, 2.75) is 59.1 Å². The fourth-order valence-corrected chi connectivity index (χ4v) is 2.82. The molecule has 0 bridgehead atoms. The lowest BCUT2D eigenvalue weighted by Crippen LogP contribution is -2.45. The number of carbonyl (C=O) groups excluding carboxylic acids is 2. The highest BCUT2D eigenvalue weighted by Crippen LogP contribution is 2.24. The number of halogens is 1. The molecule has 1 aromatic carbocycles. The Morgan fingerprint density at radius 1 is 1.19 bits per heavy atom. The normalized spacial score (nSPS) is 12.3. The van der Waals surface area contributed by atoms with Crippen molar-refractivity contribution in [1.29, 1.82) is 0 Å². The van der Waals surface area contributed by atoms with Crippen LogP contribution in [0.4, 0.5) is 4.79 Å². The fraction of sp³-hybridized carbons (Fsp3) is 0.600. The number of rotatable bonds is 8. The Hall–Kier alpha value is -1.76. The number of benzene rings is 1. The topological polar surface area (TPSA) is 73.9 Å². The van der Waals surface area contributed by atoms with Crippen LogP contribution in [-0.2, 0) is 20.7 Å². The molecular weight excluding hydrogens is 414 g/mol. The average Bonchev–Trinajstić information content (AvgIpc) is 2.55. The number of carbonyl (C=O) groups is 2. The van der Waals surface area contributed by atoms with E-state index < -0.39 is 23.7 Å². The van der Waals surface area contributed by atoms with E-state index in [0.717, 1.165) is 34.2 Å². The second-order valence-corrected chi connectivity index (χ2v) is 8.15. The molecule has 6 nitrogen and oxygen atoms in total. The van der Waals surface area contributed by atoms with Crippen LogP contribution in [0.1, 0.15) is 43.9 Å². The van der Waals surface area contributed by atoms with Crippen molar-refractivity contribution < 1.29 is 23.8 Å². The summed E-state index contributed by atoms with van der Waals surface area (Å²) in [6.45, 7) is 9.85. The lowest BCUT2D eigenvalue weighted by molar-refractivity contribution is -0.143. The summed E-state index contributed by atoms with van der Waals surface area (Å²) in [5.41, 5.74) is 2.30. The lowest BCUT2D eigenvalue weighted by Gasteiger charge is -2.23. The number of hydrogen-bond acceptors (Lipinski definition) is 5. The number of alkyl carbamates (subject to hydrolysis) is 1. The molecule has 1 N–H and O–H groups in total. The highest BCUT2D eigenvalue weighted by Gasteiger charge is 2.26. The maximum Gasteiger partial charge on any atom is 0.408 e. The van der Waals surface area contributed by atoms with Gasteiger partial charge >= 0.3 is 12.1 Å². The third kappa shape index (κ3) is 8.20. The van der Waals surface area contributed by atoms with Gasteiger partial charge in [-0.3, -0.25) is 0 Å². The predicted molar refractivity (Wildman–Crippen MR) is 109 cm³/mol. The molecule has 0 aliphatic heterocycles. The quantitative estimate of drug-likeness (QED) is 0.372. The second-order valence-electron chi connectivity index (χ2n) is 7.35. The average molecular weight is 444 g/mol. The molecule has 1 atom stereocenters. The third-order valence-electron chi connectivity index (χ3n) is 3.80. The molecule has 0 fully saturated rings.